The standard InChI is InChI=1S/C24H30N2O4.Ni.H2O/c1-3-29-21-13-7-9-17(23(21)27)15-25-19-11-5-6-12-20(19)26-16-18-10-8-14-22(24(18)28)30-4-2;;/h7-10,13-16,19-20,27-28H,3-6,11-12H2,1-2H3;;1H2/q;+2;/p-2/t19-,20+;;. The molecule has 0 heterocycles. The Morgan fingerprint density at radius 3 is 1.59 bits per heavy atom. The summed E-state index contributed by atoms with van der Waals surface area (Å²) in [5.74, 6) is 0.388. The second kappa shape index (κ2) is 13.8. The quantitative estimate of drug-likeness (QED) is 0.422. The zero-order valence-corrected chi connectivity index (χ0v) is 19.3. The van der Waals surface area contributed by atoms with Crippen LogP contribution in [0.1, 0.15) is 50.7 Å². The molecule has 0 saturated heterocycles. The van der Waals surface area contributed by atoms with Gasteiger partial charge in [0.2, 0.25) is 0 Å². The Kier molecular flexibility index (Phi) is 11.8. The summed E-state index contributed by atoms with van der Waals surface area (Å²) in [6, 6.07) is 10.4. The topological polar surface area (TPSA) is 121 Å². The third kappa shape index (κ3) is 6.97. The molecule has 3 rings (SSSR count). The Labute approximate surface area is 199 Å². The summed E-state index contributed by atoms with van der Waals surface area (Å²) in [5, 5.41) is 24.9. The van der Waals surface area contributed by atoms with E-state index in [1.54, 1.807) is 48.8 Å². The Bertz CT molecular complexity index is 830. The molecule has 1 aliphatic carbocycles. The van der Waals surface area contributed by atoms with E-state index < -0.39 is 0 Å². The molecular weight excluding hydrogens is 455 g/mol. The largest absolute Gasteiger partial charge is 2.00 e. The fraction of sp³-hybridized carbons (Fsp3) is 0.417. The number of aliphatic imine (C=N–C) groups is 2. The van der Waals surface area contributed by atoms with Crippen molar-refractivity contribution in [3.8, 4) is 23.0 Å². The summed E-state index contributed by atoms with van der Waals surface area (Å²) >= 11 is 0. The number of benzene rings is 2. The molecule has 0 amide bonds. The van der Waals surface area contributed by atoms with Crippen molar-refractivity contribution in [2.45, 2.75) is 51.6 Å². The van der Waals surface area contributed by atoms with Crippen LogP contribution in [-0.2, 0) is 16.5 Å². The third-order valence-electron chi connectivity index (χ3n) is 5.12. The molecule has 32 heavy (non-hydrogen) atoms. The second-order valence-electron chi connectivity index (χ2n) is 7.19. The molecule has 0 aliphatic heterocycles. The van der Waals surface area contributed by atoms with Crippen molar-refractivity contribution in [1.29, 1.82) is 0 Å². The van der Waals surface area contributed by atoms with Crippen molar-refractivity contribution in [2.24, 2.45) is 9.98 Å². The van der Waals surface area contributed by atoms with E-state index in [1.807, 2.05) is 13.8 Å². The van der Waals surface area contributed by atoms with Crippen molar-refractivity contribution in [3.05, 3.63) is 47.5 Å². The molecule has 0 bridgehead atoms. The second-order valence-corrected chi connectivity index (χ2v) is 7.19. The van der Waals surface area contributed by atoms with Crippen LogP contribution in [0.25, 0.3) is 0 Å². The van der Waals surface area contributed by atoms with Crippen LogP contribution in [0.2, 0.25) is 0 Å². The number of ether oxygens (including phenoxy) is 2. The summed E-state index contributed by atoms with van der Waals surface area (Å²) in [6.07, 6.45) is 7.23. The monoisotopic (exact) mass is 484 g/mol. The fourth-order valence-corrected chi connectivity index (χ4v) is 3.60. The molecule has 2 N–H and O–H groups in total. The van der Waals surface area contributed by atoms with Crippen molar-refractivity contribution in [1.82, 2.24) is 0 Å². The van der Waals surface area contributed by atoms with Crippen molar-refractivity contribution in [3.63, 3.8) is 0 Å². The molecule has 0 unspecified atom stereocenters. The minimum absolute atomic E-state index is 0. The van der Waals surface area contributed by atoms with Gasteiger partial charge in [-0.15, -0.1) is 0 Å². The van der Waals surface area contributed by atoms with Gasteiger partial charge in [0, 0.05) is 12.4 Å². The van der Waals surface area contributed by atoms with E-state index in [9.17, 15) is 10.2 Å². The van der Waals surface area contributed by atoms with Gasteiger partial charge in [-0.25, -0.2) is 0 Å². The molecular formula is C24H30N2NiO5. The van der Waals surface area contributed by atoms with Gasteiger partial charge in [0.05, 0.1) is 25.3 Å². The maximum atomic E-state index is 12.5. The first-order chi connectivity index (χ1) is 14.6. The maximum absolute atomic E-state index is 12.5. The van der Waals surface area contributed by atoms with Gasteiger partial charge < -0.3 is 25.2 Å². The van der Waals surface area contributed by atoms with Crippen LogP contribution < -0.4 is 19.7 Å². The molecule has 8 heteroatoms. The van der Waals surface area contributed by atoms with Crippen molar-refractivity contribution in [2.75, 3.05) is 13.2 Å². The van der Waals surface area contributed by atoms with Crippen LogP contribution in [0.15, 0.2) is 46.4 Å². The molecule has 1 aliphatic rings. The normalized spacial score (nSPS) is 18.2. The Morgan fingerprint density at radius 2 is 1.22 bits per heavy atom. The molecule has 0 aromatic heterocycles. The van der Waals surface area contributed by atoms with Gasteiger partial charge in [-0.3, -0.25) is 9.98 Å². The molecule has 0 spiro atoms. The van der Waals surface area contributed by atoms with E-state index in [4.69, 9.17) is 9.47 Å². The van der Waals surface area contributed by atoms with E-state index in [-0.39, 0.29) is 45.6 Å². The minimum atomic E-state index is -0.150. The zero-order valence-electron chi connectivity index (χ0n) is 18.4. The zero-order chi connectivity index (χ0) is 21.3. The molecule has 176 valence electrons. The smallest absolute Gasteiger partial charge is 0.870 e. The van der Waals surface area contributed by atoms with E-state index in [1.165, 1.54) is 0 Å². The van der Waals surface area contributed by atoms with Crippen LogP contribution in [-0.4, -0.2) is 43.2 Å². The van der Waals surface area contributed by atoms with E-state index in [2.05, 4.69) is 9.98 Å². The first kappa shape index (κ1) is 27.5. The van der Waals surface area contributed by atoms with Gasteiger partial charge in [0.15, 0.2) is 0 Å². The van der Waals surface area contributed by atoms with Gasteiger partial charge in [0.25, 0.3) is 0 Å². The third-order valence-corrected chi connectivity index (χ3v) is 5.12. The van der Waals surface area contributed by atoms with E-state index in [0.29, 0.717) is 35.8 Å². The SMILES string of the molecule is CCOc1cccc(C=N[C@H]2CCCC[C@H]2N=Cc2cccc(OCC)c2[O-])c1[O-].O.[Ni+2]. The number of hydrogen-bond acceptors (Lipinski definition) is 6. The molecule has 2 atom stereocenters. The molecule has 1 saturated carbocycles. The predicted molar refractivity (Wildman–Crippen MR) is 119 cm³/mol. The Morgan fingerprint density at radius 1 is 0.812 bits per heavy atom. The first-order valence-electron chi connectivity index (χ1n) is 10.6. The Hall–Kier alpha value is -2.57. The minimum Gasteiger partial charge on any atom is -0.870 e. The van der Waals surface area contributed by atoms with Crippen LogP contribution in [0.4, 0.5) is 0 Å². The molecule has 7 nitrogen and oxygen atoms in total. The summed E-state index contributed by atoms with van der Waals surface area (Å²) in [4.78, 5) is 9.36. The summed E-state index contributed by atoms with van der Waals surface area (Å²) in [5.41, 5.74) is 1.03. The number of rotatable bonds is 8. The molecule has 2 aromatic rings. The molecule has 2 aromatic carbocycles. The van der Waals surface area contributed by atoms with Gasteiger partial charge in [-0.05, 0) is 49.9 Å². The van der Waals surface area contributed by atoms with Crippen LogP contribution in [0, 0.1) is 0 Å². The number of para-hydroxylation sites is 2. The predicted octanol–water partition coefficient (Wildman–Crippen LogP) is 2.65. The first-order valence-corrected chi connectivity index (χ1v) is 10.6. The van der Waals surface area contributed by atoms with Gasteiger partial charge >= 0.3 is 16.5 Å². The molecule has 0 radical (unpaired) electrons. The van der Waals surface area contributed by atoms with Gasteiger partial charge in [-0.2, -0.15) is 0 Å². The number of nitrogens with zero attached hydrogens (tertiary/aromatic N) is 2. The fourth-order valence-electron chi connectivity index (χ4n) is 3.60. The van der Waals surface area contributed by atoms with Crippen molar-refractivity contribution >= 4 is 12.4 Å². The van der Waals surface area contributed by atoms with Crippen LogP contribution >= 0.6 is 0 Å². The maximum Gasteiger partial charge on any atom is 2.00 e. The molecule has 1 fully saturated rings. The summed E-state index contributed by atoms with van der Waals surface area (Å²) in [6.45, 7) is 4.59. The number of hydrogen-bond donors (Lipinski definition) is 0. The van der Waals surface area contributed by atoms with E-state index >= 15 is 0 Å². The summed E-state index contributed by atoms with van der Waals surface area (Å²) < 4.78 is 10.8. The van der Waals surface area contributed by atoms with Gasteiger partial charge in [-0.1, -0.05) is 48.6 Å². The van der Waals surface area contributed by atoms with Crippen LogP contribution in [0.5, 0.6) is 23.0 Å². The van der Waals surface area contributed by atoms with Gasteiger partial charge in [0.1, 0.15) is 11.5 Å². The summed E-state index contributed by atoms with van der Waals surface area (Å²) in [7, 11) is 0. The average molecular weight is 485 g/mol. The average Bonchev–Trinajstić information content (AvgIpc) is 2.76. The van der Waals surface area contributed by atoms with Crippen LogP contribution in [0.3, 0.4) is 0 Å². The Balaban J connectivity index is 0.00000256. The van der Waals surface area contributed by atoms with E-state index in [0.717, 1.165) is 25.7 Å². The van der Waals surface area contributed by atoms with Crippen molar-refractivity contribution < 1.29 is 41.7 Å².